The highest BCUT2D eigenvalue weighted by Gasteiger charge is 2.23. The van der Waals surface area contributed by atoms with Gasteiger partial charge < -0.3 is 10.0 Å². The first kappa shape index (κ1) is 16.2. The molecule has 0 bridgehead atoms. The van der Waals surface area contributed by atoms with Gasteiger partial charge in [-0.05, 0) is 54.6 Å². The molecule has 1 atom stereocenters. The van der Waals surface area contributed by atoms with E-state index in [1.54, 1.807) is 30.0 Å². The highest BCUT2D eigenvalue weighted by Crippen LogP contribution is 2.21. The van der Waals surface area contributed by atoms with E-state index in [4.69, 9.17) is 16.7 Å². The van der Waals surface area contributed by atoms with Crippen molar-refractivity contribution in [3.63, 3.8) is 0 Å². The van der Waals surface area contributed by atoms with Gasteiger partial charge in [-0.15, -0.1) is 0 Å². The Morgan fingerprint density at radius 2 is 2.11 bits per heavy atom. The van der Waals surface area contributed by atoms with Crippen LogP contribution in [0.5, 0.6) is 0 Å². The summed E-state index contributed by atoms with van der Waals surface area (Å²) in [6, 6.07) is 4.75. The number of aliphatic carboxylic acids is 1. The van der Waals surface area contributed by atoms with Crippen LogP contribution in [0.15, 0.2) is 18.2 Å². The molecule has 0 heterocycles. The van der Waals surface area contributed by atoms with Crippen molar-refractivity contribution in [2.75, 3.05) is 6.54 Å². The largest absolute Gasteiger partial charge is 0.481 e. The molecule has 4 nitrogen and oxygen atoms in total. The van der Waals surface area contributed by atoms with Gasteiger partial charge in [0.25, 0.3) is 5.91 Å². The zero-order valence-electron chi connectivity index (χ0n) is 10.7. The minimum absolute atomic E-state index is 0.0727. The predicted octanol–water partition coefficient (Wildman–Crippen LogP) is 3.27. The normalized spacial score (nSPS) is 12.0. The summed E-state index contributed by atoms with van der Waals surface area (Å²) in [7, 11) is 0. The number of amides is 1. The van der Waals surface area contributed by atoms with Gasteiger partial charge in [0, 0.05) is 21.2 Å². The number of carbonyl (C=O) groups is 2. The summed E-state index contributed by atoms with van der Waals surface area (Å²) in [4.78, 5) is 24.7. The lowest BCUT2D eigenvalue weighted by Gasteiger charge is -2.27. The molecule has 1 amide bonds. The highest BCUT2D eigenvalue weighted by molar-refractivity contribution is 14.1. The topological polar surface area (TPSA) is 57.6 Å². The molecule has 0 saturated heterocycles. The number of halogens is 2. The van der Waals surface area contributed by atoms with Gasteiger partial charge >= 0.3 is 5.97 Å². The Kier molecular flexibility index (Phi) is 6.06. The van der Waals surface area contributed by atoms with Crippen LogP contribution < -0.4 is 0 Å². The molecule has 19 heavy (non-hydrogen) atoms. The zero-order chi connectivity index (χ0) is 14.6. The smallest absolute Gasteiger partial charge is 0.305 e. The molecule has 0 spiro atoms. The molecule has 0 radical (unpaired) electrons. The second-order valence-electron chi connectivity index (χ2n) is 4.16. The fourth-order valence-corrected chi connectivity index (χ4v) is 2.57. The standard InChI is InChI=1S/C13H15ClINO3/c1-3-16(8(2)6-12(17)18)13(19)10-7-9(14)4-5-11(10)15/h4-5,7-8H,3,6H2,1-2H3,(H,17,18). The Hall–Kier alpha value is -0.820. The molecule has 1 unspecified atom stereocenters. The lowest BCUT2D eigenvalue weighted by atomic mass is 10.1. The van der Waals surface area contributed by atoms with E-state index in [9.17, 15) is 9.59 Å². The summed E-state index contributed by atoms with van der Waals surface area (Å²) in [6.45, 7) is 4.01. The Balaban J connectivity index is 3.01. The molecular formula is C13H15ClINO3. The fraction of sp³-hybridized carbons (Fsp3) is 0.385. The summed E-state index contributed by atoms with van der Waals surface area (Å²) >= 11 is 7.97. The first-order chi connectivity index (χ1) is 8.86. The molecule has 104 valence electrons. The van der Waals surface area contributed by atoms with Crippen molar-refractivity contribution < 1.29 is 14.7 Å². The Morgan fingerprint density at radius 1 is 1.47 bits per heavy atom. The second kappa shape index (κ2) is 7.09. The number of carboxylic acids is 1. The molecule has 1 N–H and O–H groups in total. The number of hydrogen-bond donors (Lipinski definition) is 1. The maximum absolute atomic E-state index is 12.4. The monoisotopic (exact) mass is 395 g/mol. The van der Waals surface area contributed by atoms with E-state index in [1.165, 1.54) is 0 Å². The van der Waals surface area contributed by atoms with E-state index in [2.05, 4.69) is 22.6 Å². The fourth-order valence-electron chi connectivity index (χ4n) is 1.83. The van der Waals surface area contributed by atoms with Gasteiger partial charge in [-0.3, -0.25) is 9.59 Å². The number of benzene rings is 1. The molecule has 1 rings (SSSR count). The molecule has 0 fully saturated rings. The Labute approximate surface area is 130 Å². The minimum Gasteiger partial charge on any atom is -0.481 e. The van der Waals surface area contributed by atoms with Crippen LogP contribution in [0.3, 0.4) is 0 Å². The van der Waals surface area contributed by atoms with Crippen LogP contribution in [0, 0.1) is 3.57 Å². The third kappa shape index (κ3) is 4.35. The minimum atomic E-state index is -0.917. The summed E-state index contributed by atoms with van der Waals surface area (Å²) in [5.74, 6) is -1.11. The molecule has 6 heteroatoms. The first-order valence-electron chi connectivity index (χ1n) is 5.84. The van der Waals surface area contributed by atoms with Crippen LogP contribution in [-0.2, 0) is 4.79 Å². The number of carboxylic acid groups (broad SMARTS) is 1. The van der Waals surface area contributed by atoms with Crippen LogP contribution in [0.2, 0.25) is 5.02 Å². The van der Waals surface area contributed by atoms with E-state index < -0.39 is 5.97 Å². The van der Waals surface area contributed by atoms with Gasteiger partial charge in [-0.25, -0.2) is 0 Å². The molecule has 0 aliphatic rings. The van der Waals surface area contributed by atoms with Crippen molar-refractivity contribution in [2.24, 2.45) is 0 Å². The van der Waals surface area contributed by atoms with Gasteiger partial charge in [-0.1, -0.05) is 11.6 Å². The van der Waals surface area contributed by atoms with Crippen LogP contribution in [0.25, 0.3) is 0 Å². The van der Waals surface area contributed by atoms with Crippen LogP contribution in [0.4, 0.5) is 0 Å². The Bertz CT molecular complexity index is 493. The number of carbonyl (C=O) groups excluding carboxylic acids is 1. The summed E-state index contributed by atoms with van der Waals surface area (Å²) < 4.78 is 0.799. The lowest BCUT2D eigenvalue weighted by Crippen LogP contribution is -2.40. The van der Waals surface area contributed by atoms with E-state index in [-0.39, 0.29) is 18.4 Å². The van der Waals surface area contributed by atoms with Gasteiger partial charge in [0.15, 0.2) is 0 Å². The molecule has 0 saturated carbocycles. The van der Waals surface area contributed by atoms with Crippen molar-refractivity contribution in [3.8, 4) is 0 Å². The molecule has 0 aliphatic carbocycles. The van der Waals surface area contributed by atoms with Crippen molar-refractivity contribution in [2.45, 2.75) is 26.3 Å². The highest BCUT2D eigenvalue weighted by atomic mass is 127. The van der Waals surface area contributed by atoms with Crippen molar-refractivity contribution >= 4 is 46.1 Å². The molecule has 0 aliphatic heterocycles. The van der Waals surface area contributed by atoms with E-state index in [0.29, 0.717) is 17.1 Å². The first-order valence-corrected chi connectivity index (χ1v) is 7.30. The SMILES string of the molecule is CCN(C(=O)c1cc(Cl)ccc1I)C(C)CC(=O)O. The maximum atomic E-state index is 12.4. The van der Waals surface area contributed by atoms with Gasteiger partial charge in [-0.2, -0.15) is 0 Å². The van der Waals surface area contributed by atoms with Gasteiger partial charge in [0.05, 0.1) is 12.0 Å². The Morgan fingerprint density at radius 3 is 2.63 bits per heavy atom. The predicted molar refractivity (Wildman–Crippen MR) is 82.6 cm³/mol. The number of rotatable bonds is 5. The third-order valence-corrected chi connectivity index (χ3v) is 3.94. The van der Waals surface area contributed by atoms with Gasteiger partial charge in [0.1, 0.15) is 0 Å². The average molecular weight is 396 g/mol. The van der Waals surface area contributed by atoms with Crippen LogP contribution >= 0.6 is 34.2 Å². The summed E-state index contributed by atoms with van der Waals surface area (Å²) in [5, 5.41) is 9.31. The number of nitrogens with zero attached hydrogens (tertiary/aromatic N) is 1. The average Bonchev–Trinajstić information content (AvgIpc) is 2.32. The van der Waals surface area contributed by atoms with Crippen LogP contribution in [-0.4, -0.2) is 34.5 Å². The zero-order valence-corrected chi connectivity index (χ0v) is 13.6. The van der Waals surface area contributed by atoms with Crippen LogP contribution in [0.1, 0.15) is 30.6 Å². The van der Waals surface area contributed by atoms with E-state index in [0.717, 1.165) is 3.57 Å². The maximum Gasteiger partial charge on any atom is 0.305 e. The number of hydrogen-bond acceptors (Lipinski definition) is 2. The summed E-state index contributed by atoms with van der Waals surface area (Å²) in [6.07, 6.45) is -0.0727. The molecule has 0 aromatic heterocycles. The molecule has 1 aromatic rings. The molecular weight excluding hydrogens is 381 g/mol. The van der Waals surface area contributed by atoms with Gasteiger partial charge in [0.2, 0.25) is 0 Å². The second-order valence-corrected chi connectivity index (χ2v) is 5.76. The quantitative estimate of drug-likeness (QED) is 0.779. The van der Waals surface area contributed by atoms with E-state index in [1.807, 2.05) is 6.92 Å². The third-order valence-electron chi connectivity index (χ3n) is 2.76. The molecule has 1 aromatic carbocycles. The summed E-state index contributed by atoms with van der Waals surface area (Å²) in [5.41, 5.74) is 0.507. The van der Waals surface area contributed by atoms with Crippen molar-refractivity contribution in [1.82, 2.24) is 4.90 Å². The lowest BCUT2D eigenvalue weighted by molar-refractivity contribution is -0.138. The van der Waals surface area contributed by atoms with Crippen molar-refractivity contribution in [1.29, 1.82) is 0 Å². The van der Waals surface area contributed by atoms with Crippen molar-refractivity contribution in [3.05, 3.63) is 32.4 Å². The van der Waals surface area contributed by atoms with E-state index >= 15 is 0 Å².